The molecule has 2 rings (SSSR count). The number of hydrogen-bond acceptors (Lipinski definition) is 2. The van der Waals surface area contributed by atoms with Crippen molar-refractivity contribution >= 4 is 0 Å². The highest BCUT2D eigenvalue weighted by molar-refractivity contribution is 5.15. The highest BCUT2D eigenvalue weighted by atomic mass is 19.1. The summed E-state index contributed by atoms with van der Waals surface area (Å²) in [6.45, 7) is 3.71. The minimum atomic E-state index is -1.57. The normalized spacial score (nSPS) is 37.3. The minimum absolute atomic E-state index is 0.280. The smallest absolute Gasteiger partial charge is 0.151 e. The highest BCUT2D eigenvalue weighted by Gasteiger charge is 2.54. The fourth-order valence-electron chi connectivity index (χ4n) is 2.45. The molecular formula is C14H20FNO. The fourth-order valence-corrected chi connectivity index (χ4v) is 2.45. The molecule has 3 unspecified atom stereocenters. The van der Waals surface area contributed by atoms with Gasteiger partial charge in [-0.1, -0.05) is 30.3 Å². The van der Waals surface area contributed by atoms with Gasteiger partial charge >= 0.3 is 0 Å². The van der Waals surface area contributed by atoms with Crippen molar-refractivity contribution in [2.75, 3.05) is 0 Å². The lowest BCUT2D eigenvalue weighted by Crippen LogP contribution is -2.52. The first-order chi connectivity index (χ1) is 7.93. The lowest BCUT2D eigenvalue weighted by Gasteiger charge is -2.33. The molecule has 3 atom stereocenters. The molecule has 94 valence electrons. The molecule has 0 radical (unpaired) electrons. The van der Waals surface area contributed by atoms with Gasteiger partial charge in [-0.2, -0.15) is 0 Å². The molecular weight excluding hydrogens is 217 g/mol. The summed E-state index contributed by atoms with van der Waals surface area (Å²) in [5.41, 5.74) is -1.65. The number of alkyl halides is 1. The monoisotopic (exact) mass is 237 g/mol. The largest absolute Gasteiger partial charge is 0.387 e. The molecule has 3 heteroatoms. The van der Waals surface area contributed by atoms with Gasteiger partial charge in [-0.05, 0) is 32.3 Å². The summed E-state index contributed by atoms with van der Waals surface area (Å²) in [5.74, 6) is 0. The van der Waals surface area contributed by atoms with Crippen LogP contribution in [0, 0.1) is 0 Å². The second-order valence-electron chi connectivity index (χ2n) is 5.31. The Bertz CT molecular complexity index is 375. The molecule has 0 aliphatic heterocycles. The quantitative estimate of drug-likeness (QED) is 0.846. The molecule has 0 amide bonds. The Hall–Kier alpha value is -0.930. The SMILES string of the molecule is CC1(O)CCC(NCc2ccccc2)C1(C)F. The van der Waals surface area contributed by atoms with Gasteiger partial charge in [0.15, 0.2) is 5.67 Å². The molecule has 1 aliphatic carbocycles. The Morgan fingerprint density at radius 2 is 2.00 bits per heavy atom. The van der Waals surface area contributed by atoms with Crippen LogP contribution in [0.4, 0.5) is 4.39 Å². The van der Waals surface area contributed by atoms with Gasteiger partial charge in [-0.25, -0.2) is 4.39 Å². The molecule has 1 aliphatic rings. The van der Waals surface area contributed by atoms with Crippen LogP contribution in [0.1, 0.15) is 32.3 Å². The van der Waals surface area contributed by atoms with E-state index in [-0.39, 0.29) is 6.04 Å². The zero-order valence-corrected chi connectivity index (χ0v) is 10.4. The van der Waals surface area contributed by atoms with Crippen LogP contribution in [0.15, 0.2) is 30.3 Å². The van der Waals surface area contributed by atoms with Crippen molar-refractivity contribution < 1.29 is 9.50 Å². The summed E-state index contributed by atoms with van der Waals surface area (Å²) >= 11 is 0. The molecule has 0 aromatic heterocycles. The van der Waals surface area contributed by atoms with E-state index in [4.69, 9.17) is 0 Å². The Morgan fingerprint density at radius 3 is 2.53 bits per heavy atom. The van der Waals surface area contributed by atoms with E-state index in [9.17, 15) is 9.50 Å². The van der Waals surface area contributed by atoms with Crippen LogP contribution in [-0.2, 0) is 6.54 Å². The predicted octanol–water partition coefficient (Wildman–Crippen LogP) is 2.42. The van der Waals surface area contributed by atoms with Gasteiger partial charge in [0.05, 0.1) is 5.60 Å². The Kier molecular flexibility index (Phi) is 3.23. The van der Waals surface area contributed by atoms with Crippen molar-refractivity contribution in [2.45, 2.75) is 50.5 Å². The van der Waals surface area contributed by atoms with Gasteiger partial charge in [0, 0.05) is 12.6 Å². The van der Waals surface area contributed by atoms with Crippen LogP contribution in [0.25, 0.3) is 0 Å². The molecule has 0 bridgehead atoms. The Morgan fingerprint density at radius 1 is 1.35 bits per heavy atom. The van der Waals surface area contributed by atoms with Crippen molar-refractivity contribution in [2.24, 2.45) is 0 Å². The van der Waals surface area contributed by atoms with E-state index in [1.54, 1.807) is 6.92 Å². The second-order valence-corrected chi connectivity index (χ2v) is 5.31. The van der Waals surface area contributed by atoms with Crippen molar-refractivity contribution in [3.8, 4) is 0 Å². The zero-order chi connectivity index (χ0) is 12.5. The average Bonchev–Trinajstić information content (AvgIpc) is 2.49. The van der Waals surface area contributed by atoms with E-state index in [1.807, 2.05) is 30.3 Å². The molecule has 0 spiro atoms. The first-order valence-corrected chi connectivity index (χ1v) is 6.12. The van der Waals surface area contributed by atoms with Gasteiger partial charge in [0.2, 0.25) is 0 Å². The Balaban J connectivity index is 1.97. The second kappa shape index (κ2) is 4.39. The topological polar surface area (TPSA) is 32.3 Å². The summed E-state index contributed by atoms with van der Waals surface area (Å²) in [6, 6.07) is 9.64. The van der Waals surface area contributed by atoms with Crippen molar-refractivity contribution in [1.82, 2.24) is 5.32 Å². The standard InChI is InChI=1S/C14H20FNO/c1-13(17)9-8-12(14(13,2)15)16-10-11-6-4-3-5-7-11/h3-7,12,16-17H,8-10H2,1-2H3. The van der Waals surface area contributed by atoms with Crippen LogP contribution in [0.2, 0.25) is 0 Å². The fraction of sp³-hybridized carbons (Fsp3) is 0.571. The van der Waals surface area contributed by atoms with E-state index in [2.05, 4.69) is 5.32 Å². The van der Waals surface area contributed by atoms with Crippen LogP contribution in [0.3, 0.4) is 0 Å². The first-order valence-electron chi connectivity index (χ1n) is 6.12. The van der Waals surface area contributed by atoms with Crippen LogP contribution >= 0.6 is 0 Å². The molecule has 2 N–H and O–H groups in total. The van der Waals surface area contributed by atoms with E-state index in [0.717, 1.165) is 5.56 Å². The molecule has 1 saturated carbocycles. The van der Waals surface area contributed by atoms with E-state index < -0.39 is 11.3 Å². The molecule has 2 nitrogen and oxygen atoms in total. The van der Waals surface area contributed by atoms with E-state index >= 15 is 0 Å². The number of benzene rings is 1. The maximum Gasteiger partial charge on any atom is 0.151 e. The summed E-state index contributed by atoms with van der Waals surface area (Å²) in [5, 5.41) is 13.2. The maximum absolute atomic E-state index is 14.4. The first kappa shape index (κ1) is 12.5. The van der Waals surface area contributed by atoms with Crippen molar-refractivity contribution in [1.29, 1.82) is 0 Å². The lowest BCUT2D eigenvalue weighted by atomic mass is 9.89. The van der Waals surface area contributed by atoms with E-state index in [1.165, 1.54) is 6.92 Å². The molecule has 1 fully saturated rings. The lowest BCUT2D eigenvalue weighted by molar-refractivity contribution is -0.0666. The van der Waals surface area contributed by atoms with Gasteiger partial charge in [-0.3, -0.25) is 0 Å². The van der Waals surface area contributed by atoms with Crippen molar-refractivity contribution in [3.05, 3.63) is 35.9 Å². The molecule has 1 aromatic carbocycles. The van der Waals surface area contributed by atoms with Gasteiger partial charge in [0.25, 0.3) is 0 Å². The Labute approximate surface area is 102 Å². The number of rotatable bonds is 3. The maximum atomic E-state index is 14.4. The highest BCUT2D eigenvalue weighted by Crippen LogP contribution is 2.42. The van der Waals surface area contributed by atoms with Crippen LogP contribution < -0.4 is 5.32 Å². The predicted molar refractivity (Wildman–Crippen MR) is 66.4 cm³/mol. The van der Waals surface area contributed by atoms with Crippen molar-refractivity contribution in [3.63, 3.8) is 0 Å². The molecule has 0 saturated heterocycles. The number of aliphatic hydroxyl groups is 1. The molecule has 17 heavy (non-hydrogen) atoms. The third-order valence-electron chi connectivity index (χ3n) is 4.02. The van der Waals surface area contributed by atoms with Gasteiger partial charge in [-0.15, -0.1) is 0 Å². The average molecular weight is 237 g/mol. The third-order valence-corrected chi connectivity index (χ3v) is 4.02. The number of halogens is 1. The third kappa shape index (κ3) is 2.35. The number of hydrogen-bond donors (Lipinski definition) is 2. The van der Waals surface area contributed by atoms with Crippen LogP contribution in [0.5, 0.6) is 0 Å². The molecule has 1 aromatic rings. The van der Waals surface area contributed by atoms with Crippen LogP contribution in [-0.4, -0.2) is 22.4 Å². The summed E-state index contributed by atoms with van der Waals surface area (Å²) in [7, 11) is 0. The van der Waals surface area contributed by atoms with Gasteiger partial charge in [0.1, 0.15) is 0 Å². The summed E-state index contributed by atoms with van der Waals surface area (Å²) < 4.78 is 14.4. The zero-order valence-electron chi connectivity index (χ0n) is 10.4. The number of nitrogens with one attached hydrogen (secondary N) is 1. The van der Waals surface area contributed by atoms with E-state index in [0.29, 0.717) is 19.4 Å². The van der Waals surface area contributed by atoms with Gasteiger partial charge < -0.3 is 10.4 Å². The minimum Gasteiger partial charge on any atom is -0.387 e. The summed E-state index contributed by atoms with van der Waals surface area (Å²) in [6.07, 6.45) is 1.18. The molecule has 0 heterocycles. The summed E-state index contributed by atoms with van der Waals surface area (Å²) in [4.78, 5) is 0.